The van der Waals surface area contributed by atoms with Crippen molar-refractivity contribution < 1.29 is 36.2 Å². The molecule has 1 saturated carbocycles. The zero-order valence-corrected chi connectivity index (χ0v) is 20.5. The Bertz CT molecular complexity index is 1300. The van der Waals surface area contributed by atoms with Gasteiger partial charge in [-0.25, -0.2) is 4.52 Å². The first kappa shape index (κ1) is 26.3. The summed E-state index contributed by atoms with van der Waals surface area (Å²) < 4.78 is 84.0. The maximum absolute atomic E-state index is 13.1. The van der Waals surface area contributed by atoms with Crippen molar-refractivity contribution in [2.45, 2.75) is 50.7 Å². The van der Waals surface area contributed by atoms with Crippen molar-refractivity contribution in [3.8, 4) is 5.75 Å². The molecular weight excluding hydrogens is 518 g/mol. The molecule has 5 rings (SSSR count). The first-order valence-corrected chi connectivity index (χ1v) is 12.1. The van der Waals surface area contributed by atoms with Crippen molar-refractivity contribution in [3.05, 3.63) is 41.9 Å². The molecule has 8 nitrogen and oxygen atoms in total. The van der Waals surface area contributed by atoms with Crippen LogP contribution in [0, 0.1) is 11.8 Å². The molecule has 1 aliphatic heterocycles. The number of piperidine rings is 1. The SMILES string of the molecule is CC(C)(O)c1ccc(OCC(F)(F)F)c2nc(N[C@@H]3[C@@H]4CC[C@H]3CN(c3ccnc(C(F)(F)F)c3)C4)nn12. The lowest BCUT2D eigenvalue weighted by Crippen LogP contribution is -2.48. The van der Waals surface area contributed by atoms with E-state index in [0.29, 0.717) is 24.5 Å². The lowest BCUT2D eigenvalue weighted by molar-refractivity contribution is -0.153. The highest BCUT2D eigenvalue weighted by molar-refractivity contribution is 5.58. The summed E-state index contributed by atoms with van der Waals surface area (Å²) in [6.45, 7) is 2.56. The third-order valence-electron chi connectivity index (χ3n) is 7.00. The fourth-order valence-corrected chi connectivity index (χ4v) is 5.33. The number of aliphatic hydroxyl groups is 1. The number of pyridine rings is 2. The van der Waals surface area contributed by atoms with E-state index in [2.05, 4.69) is 20.4 Å². The van der Waals surface area contributed by atoms with E-state index in [1.165, 1.54) is 30.5 Å². The lowest BCUT2D eigenvalue weighted by Gasteiger charge is -2.39. The Kier molecular flexibility index (Phi) is 6.35. The first-order valence-electron chi connectivity index (χ1n) is 12.1. The van der Waals surface area contributed by atoms with Crippen molar-refractivity contribution in [2.24, 2.45) is 11.8 Å². The van der Waals surface area contributed by atoms with Gasteiger partial charge < -0.3 is 20.1 Å². The second-order valence-corrected chi connectivity index (χ2v) is 10.3. The van der Waals surface area contributed by atoms with E-state index in [1.807, 2.05) is 4.90 Å². The van der Waals surface area contributed by atoms with Crippen LogP contribution < -0.4 is 15.0 Å². The predicted molar refractivity (Wildman–Crippen MR) is 125 cm³/mol. The van der Waals surface area contributed by atoms with Crippen LogP contribution in [-0.4, -0.2) is 56.6 Å². The Morgan fingerprint density at radius 1 is 1.05 bits per heavy atom. The van der Waals surface area contributed by atoms with Gasteiger partial charge in [0.2, 0.25) is 5.95 Å². The average Bonchev–Trinajstić information content (AvgIpc) is 3.32. The molecule has 3 aromatic rings. The molecule has 0 radical (unpaired) electrons. The average molecular weight is 544 g/mol. The predicted octanol–water partition coefficient (Wildman–Crippen LogP) is 4.64. The summed E-state index contributed by atoms with van der Waals surface area (Å²) in [5.74, 6) is 0.194. The Balaban J connectivity index is 1.38. The summed E-state index contributed by atoms with van der Waals surface area (Å²) in [7, 11) is 0. The van der Waals surface area contributed by atoms with Gasteiger partial charge >= 0.3 is 12.4 Å². The van der Waals surface area contributed by atoms with E-state index in [1.54, 1.807) is 6.07 Å². The normalized spacial score (nSPS) is 22.2. The summed E-state index contributed by atoms with van der Waals surface area (Å²) in [6.07, 6.45) is -6.23. The molecule has 0 spiro atoms. The summed E-state index contributed by atoms with van der Waals surface area (Å²) in [4.78, 5) is 9.74. The van der Waals surface area contributed by atoms with Gasteiger partial charge in [-0.1, -0.05) is 0 Å². The van der Waals surface area contributed by atoms with Gasteiger partial charge in [0.15, 0.2) is 18.0 Å². The van der Waals surface area contributed by atoms with Crippen LogP contribution in [0.4, 0.5) is 38.0 Å². The van der Waals surface area contributed by atoms with Crippen LogP contribution in [0.2, 0.25) is 0 Å². The van der Waals surface area contributed by atoms with Crippen molar-refractivity contribution in [3.63, 3.8) is 0 Å². The highest BCUT2D eigenvalue weighted by Crippen LogP contribution is 2.41. The molecule has 2 N–H and O–H groups in total. The van der Waals surface area contributed by atoms with Crippen LogP contribution in [0.1, 0.15) is 38.1 Å². The minimum Gasteiger partial charge on any atom is -0.480 e. The largest absolute Gasteiger partial charge is 0.480 e. The summed E-state index contributed by atoms with van der Waals surface area (Å²) in [5, 5.41) is 18.3. The number of nitrogens with one attached hydrogen (secondary N) is 1. The third kappa shape index (κ3) is 5.31. The highest BCUT2D eigenvalue weighted by Gasteiger charge is 2.43. The van der Waals surface area contributed by atoms with E-state index in [4.69, 9.17) is 4.74 Å². The van der Waals surface area contributed by atoms with E-state index < -0.39 is 30.3 Å². The zero-order chi connectivity index (χ0) is 27.5. The van der Waals surface area contributed by atoms with Crippen molar-refractivity contribution in [1.29, 1.82) is 0 Å². The minimum absolute atomic E-state index is 0.0256. The maximum atomic E-state index is 13.1. The van der Waals surface area contributed by atoms with Crippen molar-refractivity contribution >= 4 is 17.3 Å². The van der Waals surface area contributed by atoms with Crippen molar-refractivity contribution in [2.75, 3.05) is 29.9 Å². The summed E-state index contributed by atoms with van der Waals surface area (Å²) in [6, 6.07) is 5.28. The van der Waals surface area contributed by atoms with E-state index in [9.17, 15) is 31.4 Å². The first-order chi connectivity index (χ1) is 17.7. The van der Waals surface area contributed by atoms with Gasteiger partial charge in [0.1, 0.15) is 11.3 Å². The number of ether oxygens (including phenoxy) is 1. The van der Waals surface area contributed by atoms with Gasteiger partial charge in [-0.2, -0.15) is 31.3 Å². The minimum atomic E-state index is -4.55. The number of halogens is 6. The van der Waals surface area contributed by atoms with Crippen molar-refractivity contribution in [1.82, 2.24) is 19.6 Å². The Morgan fingerprint density at radius 3 is 2.34 bits per heavy atom. The van der Waals surface area contributed by atoms with Crippen LogP contribution in [0.3, 0.4) is 0 Å². The Hall–Kier alpha value is -3.29. The smallest absolute Gasteiger partial charge is 0.433 e. The van der Waals surface area contributed by atoms with Gasteiger partial charge in [-0.15, -0.1) is 5.10 Å². The summed E-state index contributed by atoms with van der Waals surface area (Å²) >= 11 is 0. The standard InChI is InChI=1S/C24H26F6N6O2/c1-22(2,37)18-6-5-16(38-12-23(25,26)27)20-33-21(34-36(18)20)32-19-13-3-4-14(19)11-35(10-13)15-7-8-31-17(9-15)24(28,29)30/h5-9,13-14,19,37H,3-4,10-12H2,1-2H3,(H,32,34)/t13-,14+,19-. The molecule has 14 heteroatoms. The monoisotopic (exact) mass is 544 g/mol. The molecule has 2 aliphatic rings. The van der Waals surface area contributed by atoms with Gasteiger partial charge in [-0.3, -0.25) is 4.98 Å². The number of nitrogens with zero attached hydrogens (tertiary/aromatic N) is 5. The molecule has 1 saturated heterocycles. The molecule has 206 valence electrons. The Labute approximate surface area is 213 Å². The second-order valence-electron chi connectivity index (χ2n) is 10.3. The highest BCUT2D eigenvalue weighted by atomic mass is 19.4. The van der Waals surface area contributed by atoms with E-state index >= 15 is 0 Å². The van der Waals surface area contributed by atoms with E-state index in [0.717, 1.165) is 25.1 Å². The number of fused-ring (bicyclic) bond motifs is 3. The van der Waals surface area contributed by atoms with Crippen LogP contribution in [-0.2, 0) is 11.8 Å². The van der Waals surface area contributed by atoms with E-state index in [-0.39, 0.29) is 35.2 Å². The molecule has 2 bridgehead atoms. The molecule has 2 fully saturated rings. The molecule has 3 aromatic heterocycles. The number of hydrogen-bond acceptors (Lipinski definition) is 7. The number of anilines is 2. The third-order valence-corrected chi connectivity index (χ3v) is 7.00. The molecule has 0 amide bonds. The molecule has 4 heterocycles. The molecule has 3 atom stereocenters. The molecule has 38 heavy (non-hydrogen) atoms. The summed E-state index contributed by atoms with van der Waals surface area (Å²) in [5.41, 5.74) is -1.52. The molecule has 1 aliphatic carbocycles. The van der Waals surface area contributed by atoms with Crippen LogP contribution in [0.25, 0.3) is 5.65 Å². The van der Waals surface area contributed by atoms with Crippen LogP contribution in [0.15, 0.2) is 30.5 Å². The van der Waals surface area contributed by atoms with Crippen LogP contribution in [0.5, 0.6) is 5.75 Å². The van der Waals surface area contributed by atoms with Crippen LogP contribution >= 0.6 is 0 Å². The second kappa shape index (κ2) is 9.17. The van der Waals surface area contributed by atoms with Gasteiger partial charge in [0, 0.05) is 31.0 Å². The number of hydrogen-bond donors (Lipinski definition) is 2. The Morgan fingerprint density at radius 2 is 1.74 bits per heavy atom. The van der Waals surface area contributed by atoms with Gasteiger partial charge in [0.25, 0.3) is 0 Å². The topological polar surface area (TPSA) is 87.8 Å². The molecule has 0 aromatic carbocycles. The maximum Gasteiger partial charge on any atom is 0.433 e. The zero-order valence-electron chi connectivity index (χ0n) is 20.5. The number of alkyl halides is 6. The fraction of sp³-hybridized carbons (Fsp3) is 0.542. The quantitative estimate of drug-likeness (QED) is 0.438. The number of rotatable bonds is 6. The van der Waals surface area contributed by atoms with Gasteiger partial charge in [-0.05, 0) is 62.8 Å². The van der Waals surface area contributed by atoms with Gasteiger partial charge in [0.05, 0.1) is 5.69 Å². The molecule has 0 unspecified atom stereocenters. The molecular formula is C24H26F6N6O2. The lowest BCUT2D eigenvalue weighted by atomic mass is 9.92. The fourth-order valence-electron chi connectivity index (χ4n) is 5.33. The number of aromatic nitrogens is 4.